The number of nitrogens with zero attached hydrogens (tertiary/aromatic N) is 3. The molecule has 0 bridgehead atoms. The van der Waals surface area contributed by atoms with E-state index in [0.717, 1.165) is 23.3 Å². The van der Waals surface area contributed by atoms with E-state index in [4.69, 9.17) is 4.98 Å². The van der Waals surface area contributed by atoms with E-state index in [0.29, 0.717) is 26.1 Å². The van der Waals surface area contributed by atoms with Crippen LogP contribution < -0.4 is 5.32 Å². The van der Waals surface area contributed by atoms with Gasteiger partial charge in [-0.2, -0.15) is 0 Å². The van der Waals surface area contributed by atoms with E-state index in [-0.39, 0.29) is 24.3 Å². The van der Waals surface area contributed by atoms with E-state index in [1.54, 1.807) is 17.1 Å². The summed E-state index contributed by atoms with van der Waals surface area (Å²) in [5, 5.41) is 2.92. The number of aryl methyl sites for hydroxylation is 1. The van der Waals surface area contributed by atoms with Crippen LogP contribution in [0.5, 0.6) is 0 Å². The SMILES string of the molecule is C=CCN(CC=C)C(=O)Cn1c(CCCNC(=O)C(C)C)nc2ccccc21. The van der Waals surface area contributed by atoms with Gasteiger partial charge in [0, 0.05) is 32.0 Å². The number of hydrogen-bond acceptors (Lipinski definition) is 3. The lowest BCUT2D eigenvalue weighted by molar-refractivity contribution is -0.130. The van der Waals surface area contributed by atoms with Gasteiger partial charge >= 0.3 is 0 Å². The van der Waals surface area contributed by atoms with Crippen LogP contribution in [0.25, 0.3) is 11.0 Å². The van der Waals surface area contributed by atoms with Crippen molar-refractivity contribution >= 4 is 22.8 Å². The van der Waals surface area contributed by atoms with Crippen LogP contribution in [0.3, 0.4) is 0 Å². The molecule has 0 atom stereocenters. The molecule has 1 aromatic heterocycles. The summed E-state index contributed by atoms with van der Waals surface area (Å²) in [5.41, 5.74) is 1.81. The number of hydrogen-bond donors (Lipinski definition) is 1. The molecule has 0 radical (unpaired) electrons. The predicted molar refractivity (Wildman–Crippen MR) is 113 cm³/mol. The fourth-order valence-electron chi connectivity index (χ4n) is 2.98. The second-order valence-electron chi connectivity index (χ2n) is 7.03. The molecular weight excluding hydrogens is 352 g/mol. The standard InChI is InChI=1S/C22H30N4O2/c1-5-14-25(15-6-2)21(27)16-26-19-11-8-7-10-18(19)24-20(26)12-9-13-23-22(28)17(3)4/h5-8,10-11,17H,1-2,9,12-16H2,3-4H3,(H,23,28). The summed E-state index contributed by atoms with van der Waals surface area (Å²) in [4.78, 5) is 30.9. The molecule has 150 valence electrons. The molecule has 0 fully saturated rings. The molecule has 1 N–H and O–H groups in total. The summed E-state index contributed by atoms with van der Waals surface area (Å²) in [7, 11) is 0. The largest absolute Gasteiger partial charge is 0.356 e. The van der Waals surface area contributed by atoms with Crippen molar-refractivity contribution in [1.29, 1.82) is 0 Å². The minimum absolute atomic E-state index is 0.00249. The summed E-state index contributed by atoms with van der Waals surface area (Å²) in [6.45, 7) is 13.0. The maximum atomic E-state index is 12.8. The summed E-state index contributed by atoms with van der Waals surface area (Å²) in [6, 6.07) is 7.81. The van der Waals surface area contributed by atoms with Gasteiger partial charge in [-0.1, -0.05) is 38.1 Å². The summed E-state index contributed by atoms with van der Waals surface area (Å²) in [5.74, 6) is 0.874. The van der Waals surface area contributed by atoms with E-state index >= 15 is 0 Å². The summed E-state index contributed by atoms with van der Waals surface area (Å²) in [6.07, 6.45) is 4.87. The van der Waals surface area contributed by atoms with Crippen LogP contribution in [0.1, 0.15) is 26.1 Å². The smallest absolute Gasteiger partial charge is 0.243 e. The van der Waals surface area contributed by atoms with Crippen molar-refractivity contribution in [2.45, 2.75) is 33.2 Å². The Kier molecular flexibility index (Phi) is 7.99. The first-order chi connectivity index (χ1) is 13.5. The normalized spacial score (nSPS) is 10.8. The highest BCUT2D eigenvalue weighted by atomic mass is 16.2. The molecule has 2 rings (SSSR count). The zero-order chi connectivity index (χ0) is 20.5. The van der Waals surface area contributed by atoms with E-state index in [1.807, 2.05) is 42.7 Å². The van der Waals surface area contributed by atoms with Crippen molar-refractivity contribution in [3.63, 3.8) is 0 Å². The van der Waals surface area contributed by atoms with Crippen LogP contribution in [0.15, 0.2) is 49.6 Å². The quantitative estimate of drug-likeness (QED) is 0.480. The zero-order valence-corrected chi connectivity index (χ0v) is 16.9. The minimum Gasteiger partial charge on any atom is -0.356 e. The molecule has 2 amide bonds. The number of rotatable bonds is 11. The Morgan fingerprint density at radius 2 is 1.89 bits per heavy atom. The number of nitrogens with one attached hydrogen (secondary N) is 1. The van der Waals surface area contributed by atoms with Crippen molar-refractivity contribution in [3.8, 4) is 0 Å². The molecule has 28 heavy (non-hydrogen) atoms. The lowest BCUT2D eigenvalue weighted by Gasteiger charge is -2.20. The van der Waals surface area contributed by atoms with Crippen LogP contribution in [0, 0.1) is 5.92 Å². The molecule has 0 spiro atoms. The first kappa shape index (κ1) is 21.4. The van der Waals surface area contributed by atoms with Crippen molar-refractivity contribution in [3.05, 3.63) is 55.4 Å². The number of benzene rings is 1. The summed E-state index contributed by atoms with van der Waals surface area (Å²) < 4.78 is 1.97. The van der Waals surface area contributed by atoms with Gasteiger partial charge < -0.3 is 14.8 Å². The lowest BCUT2D eigenvalue weighted by Crippen LogP contribution is -2.34. The Morgan fingerprint density at radius 1 is 1.21 bits per heavy atom. The molecule has 1 aromatic carbocycles. The van der Waals surface area contributed by atoms with Gasteiger partial charge in [0.25, 0.3) is 0 Å². The van der Waals surface area contributed by atoms with Crippen molar-refractivity contribution in [1.82, 2.24) is 19.8 Å². The Morgan fingerprint density at radius 3 is 2.54 bits per heavy atom. The Labute approximate surface area is 166 Å². The van der Waals surface area contributed by atoms with Gasteiger partial charge in [-0.3, -0.25) is 9.59 Å². The van der Waals surface area contributed by atoms with Gasteiger partial charge in [0.2, 0.25) is 11.8 Å². The molecular formula is C22H30N4O2. The van der Waals surface area contributed by atoms with Gasteiger partial charge in [0.15, 0.2) is 0 Å². The van der Waals surface area contributed by atoms with E-state index in [9.17, 15) is 9.59 Å². The molecule has 1 heterocycles. The number of fused-ring (bicyclic) bond motifs is 1. The number of imidazole rings is 1. The third-order valence-electron chi connectivity index (χ3n) is 4.48. The maximum absolute atomic E-state index is 12.8. The van der Waals surface area contributed by atoms with Crippen molar-refractivity contribution < 1.29 is 9.59 Å². The van der Waals surface area contributed by atoms with Crippen LogP contribution in [0.4, 0.5) is 0 Å². The molecule has 0 saturated carbocycles. The van der Waals surface area contributed by atoms with E-state index < -0.39 is 0 Å². The van der Waals surface area contributed by atoms with Crippen LogP contribution >= 0.6 is 0 Å². The highest BCUT2D eigenvalue weighted by Gasteiger charge is 2.17. The third kappa shape index (κ3) is 5.55. The monoisotopic (exact) mass is 382 g/mol. The number of amides is 2. The predicted octanol–water partition coefficient (Wildman–Crippen LogP) is 2.94. The molecule has 0 aliphatic heterocycles. The van der Waals surface area contributed by atoms with Gasteiger partial charge in [-0.15, -0.1) is 13.2 Å². The second-order valence-corrected chi connectivity index (χ2v) is 7.03. The fraction of sp³-hybridized carbons (Fsp3) is 0.409. The second kappa shape index (κ2) is 10.4. The first-order valence-corrected chi connectivity index (χ1v) is 9.69. The number of carbonyl (C=O) groups is 2. The molecule has 0 unspecified atom stereocenters. The molecule has 2 aromatic rings. The molecule has 6 heteroatoms. The highest BCUT2D eigenvalue weighted by molar-refractivity contribution is 5.81. The van der Waals surface area contributed by atoms with Gasteiger partial charge in [-0.25, -0.2) is 4.98 Å². The Balaban J connectivity index is 2.15. The van der Waals surface area contributed by atoms with Gasteiger partial charge in [0.05, 0.1) is 11.0 Å². The fourth-order valence-corrected chi connectivity index (χ4v) is 2.98. The van der Waals surface area contributed by atoms with Gasteiger partial charge in [-0.05, 0) is 18.6 Å². The molecule has 0 saturated heterocycles. The number of para-hydroxylation sites is 2. The van der Waals surface area contributed by atoms with Gasteiger partial charge in [0.1, 0.15) is 12.4 Å². The lowest BCUT2D eigenvalue weighted by atomic mass is 10.2. The van der Waals surface area contributed by atoms with Crippen molar-refractivity contribution in [2.24, 2.45) is 5.92 Å². The summed E-state index contributed by atoms with van der Waals surface area (Å²) >= 11 is 0. The van der Waals surface area contributed by atoms with E-state index in [1.165, 1.54) is 0 Å². The van der Waals surface area contributed by atoms with Crippen LogP contribution in [0.2, 0.25) is 0 Å². The van der Waals surface area contributed by atoms with Crippen LogP contribution in [-0.4, -0.2) is 45.9 Å². The zero-order valence-electron chi connectivity index (χ0n) is 16.9. The molecule has 0 aliphatic carbocycles. The van der Waals surface area contributed by atoms with E-state index in [2.05, 4.69) is 18.5 Å². The topological polar surface area (TPSA) is 67.2 Å². The van der Waals surface area contributed by atoms with Crippen molar-refractivity contribution in [2.75, 3.05) is 19.6 Å². The number of aromatic nitrogens is 2. The minimum atomic E-state index is -0.0251. The third-order valence-corrected chi connectivity index (χ3v) is 4.48. The molecule has 6 nitrogen and oxygen atoms in total. The average Bonchev–Trinajstić information content (AvgIpc) is 3.02. The highest BCUT2D eigenvalue weighted by Crippen LogP contribution is 2.17. The average molecular weight is 383 g/mol. The Hall–Kier alpha value is -2.89. The van der Waals surface area contributed by atoms with Crippen LogP contribution in [-0.2, 0) is 22.6 Å². The maximum Gasteiger partial charge on any atom is 0.243 e. The molecule has 0 aliphatic rings. The number of carbonyl (C=O) groups excluding carboxylic acids is 2. The first-order valence-electron chi connectivity index (χ1n) is 9.69. The Bertz CT molecular complexity index is 828.